The maximum atomic E-state index is 5.62. The van der Waals surface area contributed by atoms with Crippen LogP contribution >= 0.6 is 0 Å². The first-order valence-electron chi connectivity index (χ1n) is 6.96. The van der Waals surface area contributed by atoms with E-state index in [1.165, 1.54) is 0 Å². The van der Waals surface area contributed by atoms with E-state index in [9.17, 15) is 0 Å². The highest BCUT2D eigenvalue weighted by atomic mass is 16.8. The Morgan fingerprint density at radius 2 is 2.45 bits per heavy atom. The van der Waals surface area contributed by atoms with Gasteiger partial charge in [-0.05, 0) is 31.7 Å². The molecule has 6 heteroatoms. The number of hydrogen-bond acceptors (Lipinski definition) is 5. The van der Waals surface area contributed by atoms with Gasteiger partial charge < -0.3 is 4.74 Å². The molecule has 0 radical (unpaired) electrons. The summed E-state index contributed by atoms with van der Waals surface area (Å²) in [5, 5.41) is 8.27. The second-order valence-corrected chi connectivity index (χ2v) is 4.99. The van der Waals surface area contributed by atoms with Crippen LogP contribution in [-0.4, -0.2) is 47.6 Å². The number of likely N-dealkylation sites (N-methyl/N-ethyl adjacent to an activating group) is 1. The van der Waals surface area contributed by atoms with Gasteiger partial charge in [0.1, 0.15) is 0 Å². The smallest absolute Gasteiger partial charge is 0.196 e. The molecule has 1 unspecified atom stereocenters. The first kappa shape index (κ1) is 13.4. The summed E-state index contributed by atoms with van der Waals surface area (Å²) in [7, 11) is 0. The fourth-order valence-corrected chi connectivity index (χ4v) is 2.36. The van der Waals surface area contributed by atoms with E-state index < -0.39 is 0 Å². The Balaban J connectivity index is 1.63. The van der Waals surface area contributed by atoms with E-state index >= 15 is 0 Å². The molecular formula is C14H20N4O2. The number of rotatable bonds is 4. The van der Waals surface area contributed by atoms with Gasteiger partial charge in [-0.2, -0.15) is 5.10 Å². The molecule has 108 valence electrons. The lowest BCUT2D eigenvalue weighted by atomic mass is 10.2. The lowest BCUT2D eigenvalue weighted by molar-refractivity contribution is -0.164. The second-order valence-electron chi connectivity index (χ2n) is 4.99. The third-order valence-electron chi connectivity index (χ3n) is 3.62. The van der Waals surface area contributed by atoms with Gasteiger partial charge in [-0.15, -0.1) is 0 Å². The number of fused-ring (bicyclic) bond motifs is 1. The van der Waals surface area contributed by atoms with Crippen LogP contribution in [0.25, 0.3) is 10.9 Å². The minimum absolute atomic E-state index is 0.232. The number of hydrogen-bond donors (Lipinski definition) is 2. The largest absolute Gasteiger partial charge is 0.348 e. The van der Waals surface area contributed by atoms with Crippen LogP contribution in [0.4, 0.5) is 5.69 Å². The van der Waals surface area contributed by atoms with Crippen LogP contribution in [0.1, 0.15) is 12.6 Å². The molecule has 1 atom stereocenters. The maximum absolute atomic E-state index is 5.62. The summed E-state index contributed by atoms with van der Waals surface area (Å²) in [4.78, 5) is 7.93. The number of ether oxygens (including phenoxy) is 1. The first-order chi connectivity index (χ1) is 9.76. The predicted molar refractivity (Wildman–Crippen MR) is 77.4 cm³/mol. The molecule has 6 nitrogen and oxygen atoms in total. The molecule has 0 saturated carbocycles. The zero-order chi connectivity index (χ0) is 13.9. The number of nitrogens with zero attached hydrogens (tertiary/aromatic N) is 2. The standard InChI is InChI=1S/C14H20N4O2/c1-3-18-6-7-19-14(9-18)20-17-11-4-5-13-12(8-11)10(2)15-16-13/h4-5,8,14,17H,3,6-7,9H2,1-2H3,(H,15,16). The maximum Gasteiger partial charge on any atom is 0.196 e. The Hall–Kier alpha value is -1.63. The van der Waals surface area contributed by atoms with E-state index in [0.717, 1.165) is 41.9 Å². The van der Waals surface area contributed by atoms with Crippen LogP contribution in [0, 0.1) is 6.92 Å². The summed E-state index contributed by atoms with van der Waals surface area (Å²) in [5.41, 5.74) is 5.89. The van der Waals surface area contributed by atoms with Gasteiger partial charge in [0, 0.05) is 17.6 Å². The molecule has 1 aromatic heterocycles. The number of morpholine rings is 1. The van der Waals surface area contributed by atoms with E-state index in [1.54, 1.807) is 0 Å². The van der Waals surface area contributed by atoms with Crippen LogP contribution in [0.2, 0.25) is 0 Å². The molecule has 0 aliphatic carbocycles. The van der Waals surface area contributed by atoms with Gasteiger partial charge in [0.25, 0.3) is 0 Å². The average Bonchev–Trinajstić information content (AvgIpc) is 2.86. The van der Waals surface area contributed by atoms with Gasteiger partial charge in [-0.25, -0.2) is 4.84 Å². The lowest BCUT2D eigenvalue weighted by Gasteiger charge is -2.31. The van der Waals surface area contributed by atoms with Crippen molar-refractivity contribution < 1.29 is 9.57 Å². The molecule has 1 aliphatic heterocycles. The molecule has 0 amide bonds. The highest BCUT2D eigenvalue weighted by Gasteiger charge is 2.20. The second kappa shape index (κ2) is 5.78. The predicted octanol–water partition coefficient (Wildman–Crippen LogP) is 1.89. The van der Waals surface area contributed by atoms with Crippen LogP contribution in [-0.2, 0) is 9.57 Å². The third kappa shape index (κ3) is 2.77. The number of aryl methyl sites for hydroxylation is 1. The minimum Gasteiger partial charge on any atom is -0.348 e. The van der Waals surface area contributed by atoms with Crippen LogP contribution in [0.5, 0.6) is 0 Å². The van der Waals surface area contributed by atoms with Crippen molar-refractivity contribution in [3.63, 3.8) is 0 Å². The monoisotopic (exact) mass is 276 g/mol. The number of nitrogens with one attached hydrogen (secondary N) is 2. The van der Waals surface area contributed by atoms with Gasteiger partial charge in [0.05, 0.1) is 24.4 Å². The summed E-state index contributed by atoms with van der Waals surface area (Å²) in [6.45, 7) is 7.63. The number of aromatic nitrogens is 2. The van der Waals surface area contributed by atoms with Crippen molar-refractivity contribution in [1.29, 1.82) is 0 Å². The summed E-state index contributed by atoms with van der Waals surface area (Å²) in [5.74, 6) is 0. The topological polar surface area (TPSA) is 62.4 Å². The number of H-pyrrole nitrogens is 1. The number of anilines is 1. The normalized spacial score (nSPS) is 20.4. The van der Waals surface area contributed by atoms with Gasteiger partial charge >= 0.3 is 0 Å². The fraction of sp³-hybridized carbons (Fsp3) is 0.500. The molecule has 2 aromatic rings. The molecule has 2 N–H and O–H groups in total. The highest BCUT2D eigenvalue weighted by molar-refractivity contribution is 5.84. The molecule has 1 aromatic carbocycles. The fourth-order valence-electron chi connectivity index (χ4n) is 2.36. The van der Waals surface area contributed by atoms with Crippen molar-refractivity contribution in [3.8, 4) is 0 Å². The quantitative estimate of drug-likeness (QED) is 0.835. The summed E-state index contributed by atoms with van der Waals surface area (Å²) in [6.07, 6.45) is -0.232. The van der Waals surface area contributed by atoms with E-state index in [0.29, 0.717) is 6.61 Å². The zero-order valence-electron chi connectivity index (χ0n) is 11.8. The Morgan fingerprint density at radius 1 is 1.55 bits per heavy atom. The van der Waals surface area contributed by atoms with Gasteiger partial charge in [0.2, 0.25) is 0 Å². The minimum atomic E-state index is -0.232. The van der Waals surface area contributed by atoms with E-state index in [2.05, 4.69) is 27.5 Å². The van der Waals surface area contributed by atoms with Crippen molar-refractivity contribution in [1.82, 2.24) is 15.1 Å². The molecule has 1 aliphatic rings. The molecule has 3 rings (SSSR count). The Kier molecular flexibility index (Phi) is 3.86. The van der Waals surface area contributed by atoms with E-state index in [1.807, 2.05) is 25.1 Å². The number of aromatic amines is 1. The summed E-state index contributed by atoms with van der Waals surface area (Å²) >= 11 is 0. The van der Waals surface area contributed by atoms with E-state index in [4.69, 9.17) is 9.57 Å². The van der Waals surface area contributed by atoms with E-state index in [-0.39, 0.29) is 6.29 Å². The summed E-state index contributed by atoms with van der Waals surface area (Å²) < 4.78 is 5.58. The molecule has 0 bridgehead atoms. The van der Waals surface area contributed by atoms with Crippen molar-refractivity contribution in [2.45, 2.75) is 20.1 Å². The molecule has 2 heterocycles. The van der Waals surface area contributed by atoms with Gasteiger partial charge in [-0.3, -0.25) is 15.5 Å². The Bertz CT molecular complexity index is 584. The average molecular weight is 276 g/mol. The highest BCUT2D eigenvalue weighted by Crippen LogP contribution is 2.20. The Labute approximate surface area is 118 Å². The zero-order valence-corrected chi connectivity index (χ0v) is 11.8. The van der Waals surface area contributed by atoms with Crippen LogP contribution < -0.4 is 5.48 Å². The van der Waals surface area contributed by atoms with Crippen LogP contribution in [0.3, 0.4) is 0 Å². The first-order valence-corrected chi connectivity index (χ1v) is 6.96. The molecule has 1 fully saturated rings. The molecule has 1 saturated heterocycles. The lowest BCUT2D eigenvalue weighted by Crippen LogP contribution is -2.44. The van der Waals surface area contributed by atoms with Crippen molar-refractivity contribution >= 4 is 16.6 Å². The molecule has 20 heavy (non-hydrogen) atoms. The number of benzene rings is 1. The SMILES string of the molecule is CCN1CCOC(ONc2ccc3n[nH]c(C)c3c2)C1. The van der Waals surface area contributed by atoms with Crippen molar-refractivity contribution in [3.05, 3.63) is 23.9 Å². The van der Waals surface area contributed by atoms with Crippen molar-refractivity contribution in [2.24, 2.45) is 0 Å². The third-order valence-corrected chi connectivity index (χ3v) is 3.62. The molecular weight excluding hydrogens is 256 g/mol. The van der Waals surface area contributed by atoms with Crippen LogP contribution in [0.15, 0.2) is 18.2 Å². The van der Waals surface area contributed by atoms with Gasteiger partial charge in [0.15, 0.2) is 6.29 Å². The van der Waals surface area contributed by atoms with Gasteiger partial charge in [-0.1, -0.05) is 6.92 Å². The van der Waals surface area contributed by atoms with Crippen molar-refractivity contribution in [2.75, 3.05) is 31.7 Å². The summed E-state index contributed by atoms with van der Waals surface area (Å²) in [6, 6.07) is 5.93. The Morgan fingerprint density at radius 3 is 3.30 bits per heavy atom. The molecule has 0 spiro atoms.